The number of carbonyl (C=O) groups excluding carboxylic acids is 1. The molecule has 4 heteroatoms. The first-order chi connectivity index (χ1) is 5.20. The van der Waals surface area contributed by atoms with Gasteiger partial charge in [0, 0.05) is 24.1 Å². The van der Waals surface area contributed by atoms with Gasteiger partial charge >= 0.3 is 5.97 Å². The topological polar surface area (TPSA) is 52.3 Å². The van der Waals surface area contributed by atoms with E-state index in [2.05, 4.69) is 4.74 Å². The van der Waals surface area contributed by atoms with Crippen molar-refractivity contribution in [1.29, 1.82) is 0 Å². The highest BCUT2D eigenvalue weighted by Crippen LogP contribution is 1.95. The van der Waals surface area contributed by atoms with Crippen LogP contribution in [0.3, 0.4) is 0 Å². The van der Waals surface area contributed by atoms with Crippen molar-refractivity contribution in [3.63, 3.8) is 0 Å². The average molecular weight is 178 g/mol. The first kappa shape index (κ1) is 10.3. The summed E-state index contributed by atoms with van der Waals surface area (Å²) in [6.07, 6.45) is 1.77. The Kier molecular flexibility index (Phi) is 5.65. The molecule has 0 spiro atoms. The van der Waals surface area contributed by atoms with Crippen LogP contribution >= 0.6 is 11.6 Å². The molecule has 0 bridgehead atoms. The molecule has 0 fully saturated rings. The summed E-state index contributed by atoms with van der Waals surface area (Å²) in [5.74, 6) is 0.0111. The lowest BCUT2D eigenvalue weighted by Crippen LogP contribution is -2.06. The summed E-state index contributed by atoms with van der Waals surface area (Å²) in [6, 6.07) is 0. The summed E-state index contributed by atoms with van der Waals surface area (Å²) in [4.78, 5) is 10.7. The zero-order valence-electron chi connectivity index (χ0n) is 6.47. The fourth-order valence-corrected chi connectivity index (χ4v) is 0.735. The maximum Gasteiger partial charge on any atom is 0.332 e. The summed E-state index contributed by atoms with van der Waals surface area (Å²) >= 11 is 5.38. The molecule has 0 aliphatic carbocycles. The van der Waals surface area contributed by atoms with E-state index in [1.807, 2.05) is 0 Å². The van der Waals surface area contributed by atoms with Crippen LogP contribution in [-0.4, -0.2) is 18.5 Å². The molecule has 0 rings (SSSR count). The smallest absolute Gasteiger partial charge is 0.332 e. The lowest BCUT2D eigenvalue weighted by Gasteiger charge is -1.97. The summed E-state index contributed by atoms with van der Waals surface area (Å²) < 4.78 is 4.62. The summed E-state index contributed by atoms with van der Waals surface area (Å²) in [5.41, 5.74) is 5.85. The van der Waals surface area contributed by atoms with Crippen molar-refractivity contribution < 1.29 is 9.53 Å². The minimum Gasteiger partial charge on any atom is -0.463 e. The zero-order valence-corrected chi connectivity index (χ0v) is 7.23. The number of hydrogen-bond acceptors (Lipinski definition) is 3. The van der Waals surface area contributed by atoms with Crippen molar-refractivity contribution in [2.24, 2.45) is 5.73 Å². The Bertz CT molecular complexity index is 157. The first-order valence-electron chi connectivity index (χ1n) is 3.39. The SMILES string of the molecule is CCOC(=O)/C=C(\N)CCCl. The number of ether oxygens (including phenoxy) is 1. The van der Waals surface area contributed by atoms with Gasteiger partial charge in [0.25, 0.3) is 0 Å². The molecule has 0 unspecified atom stereocenters. The number of hydrogen-bond donors (Lipinski definition) is 1. The molecule has 11 heavy (non-hydrogen) atoms. The number of halogens is 1. The number of alkyl halides is 1. The van der Waals surface area contributed by atoms with Crippen molar-refractivity contribution in [3.05, 3.63) is 11.8 Å². The lowest BCUT2D eigenvalue weighted by molar-refractivity contribution is -0.137. The third-order valence-electron chi connectivity index (χ3n) is 0.973. The maximum atomic E-state index is 10.7. The molecule has 0 aromatic heterocycles. The van der Waals surface area contributed by atoms with Gasteiger partial charge in [-0.2, -0.15) is 0 Å². The molecular weight excluding hydrogens is 166 g/mol. The van der Waals surface area contributed by atoms with Crippen molar-refractivity contribution in [2.75, 3.05) is 12.5 Å². The van der Waals surface area contributed by atoms with Crippen LogP contribution in [0, 0.1) is 0 Å². The summed E-state index contributed by atoms with van der Waals surface area (Å²) in [5, 5.41) is 0. The van der Waals surface area contributed by atoms with Crippen LogP contribution in [0.4, 0.5) is 0 Å². The minimum absolute atomic E-state index is 0.365. The number of rotatable bonds is 4. The van der Waals surface area contributed by atoms with Crippen LogP contribution in [0.2, 0.25) is 0 Å². The van der Waals surface area contributed by atoms with Crippen LogP contribution in [-0.2, 0) is 9.53 Å². The van der Waals surface area contributed by atoms with Gasteiger partial charge in [-0.05, 0) is 6.92 Å². The standard InChI is InChI=1S/C7H12ClNO2/c1-2-11-7(10)5-6(9)3-4-8/h5H,2-4,9H2,1H3/b6-5-. The summed E-state index contributed by atoms with van der Waals surface area (Å²) in [6.45, 7) is 2.10. The molecule has 2 N–H and O–H groups in total. The first-order valence-corrected chi connectivity index (χ1v) is 3.93. The highest BCUT2D eigenvalue weighted by Gasteiger charge is 1.97. The summed E-state index contributed by atoms with van der Waals surface area (Å²) in [7, 11) is 0. The van der Waals surface area contributed by atoms with Crippen LogP contribution in [0.1, 0.15) is 13.3 Å². The fraction of sp³-hybridized carbons (Fsp3) is 0.571. The lowest BCUT2D eigenvalue weighted by atomic mass is 10.3. The molecule has 64 valence electrons. The van der Waals surface area contributed by atoms with E-state index in [4.69, 9.17) is 17.3 Å². The largest absolute Gasteiger partial charge is 0.463 e. The highest BCUT2D eigenvalue weighted by atomic mass is 35.5. The Balaban J connectivity index is 3.76. The van der Waals surface area contributed by atoms with Gasteiger partial charge in [-0.3, -0.25) is 0 Å². The normalized spacial score (nSPS) is 11.3. The fourth-order valence-electron chi connectivity index (χ4n) is 0.517. The van der Waals surface area contributed by atoms with Gasteiger partial charge in [-0.15, -0.1) is 11.6 Å². The Labute approximate surface area is 71.2 Å². The van der Waals surface area contributed by atoms with E-state index in [0.717, 1.165) is 0 Å². The van der Waals surface area contributed by atoms with E-state index >= 15 is 0 Å². The van der Waals surface area contributed by atoms with Gasteiger partial charge in [-0.1, -0.05) is 0 Å². The number of nitrogens with two attached hydrogens (primary N) is 1. The molecule has 0 saturated carbocycles. The van der Waals surface area contributed by atoms with Gasteiger partial charge in [0.05, 0.1) is 6.61 Å². The Hall–Kier alpha value is -0.700. The van der Waals surface area contributed by atoms with E-state index in [1.165, 1.54) is 6.08 Å². The van der Waals surface area contributed by atoms with Crippen LogP contribution in [0.15, 0.2) is 11.8 Å². The maximum absolute atomic E-state index is 10.7. The van der Waals surface area contributed by atoms with Crippen molar-refractivity contribution in [3.8, 4) is 0 Å². The van der Waals surface area contributed by atoms with Gasteiger partial charge in [0.2, 0.25) is 0 Å². The molecular formula is C7H12ClNO2. The highest BCUT2D eigenvalue weighted by molar-refractivity contribution is 6.18. The van der Waals surface area contributed by atoms with Crippen LogP contribution in [0.5, 0.6) is 0 Å². The number of carbonyl (C=O) groups is 1. The Morgan fingerprint density at radius 2 is 2.36 bits per heavy atom. The third-order valence-corrected chi connectivity index (χ3v) is 1.16. The van der Waals surface area contributed by atoms with Gasteiger partial charge in [-0.25, -0.2) is 4.79 Å². The van der Waals surface area contributed by atoms with Crippen molar-refractivity contribution >= 4 is 17.6 Å². The molecule has 0 amide bonds. The van der Waals surface area contributed by atoms with Crippen LogP contribution < -0.4 is 5.73 Å². The monoisotopic (exact) mass is 177 g/mol. The van der Waals surface area contributed by atoms with Crippen LogP contribution in [0.25, 0.3) is 0 Å². The average Bonchev–Trinajstić information content (AvgIpc) is 1.87. The van der Waals surface area contributed by atoms with Crippen molar-refractivity contribution in [2.45, 2.75) is 13.3 Å². The second-order valence-electron chi connectivity index (χ2n) is 1.91. The predicted molar refractivity (Wildman–Crippen MR) is 44.2 cm³/mol. The molecule has 0 aliphatic heterocycles. The molecule has 0 aliphatic rings. The third kappa shape index (κ3) is 5.73. The number of allylic oxidation sites excluding steroid dienone is 1. The minimum atomic E-state index is -0.407. The van der Waals surface area contributed by atoms with Crippen molar-refractivity contribution in [1.82, 2.24) is 0 Å². The second-order valence-corrected chi connectivity index (χ2v) is 2.29. The Morgan fingerprint density at radius 1 is 1.73 bits per heavy atom. The molecule has 0 heterocycles. The van der Waals surface area contributed by atoms with Gasteiger partial charge < -0.3 is 10.5 Å². The molecule has 0 saturated heterocycles. The number of esters is 1. The van der Waals surface area contributed by atoms with Gasteiger partial charge in [0.1, 0.15) is 0 Å². The Morgan fingerprint density at radius 3 is 2.82 bits per heavy atom. The molecule has 3 nitrogen and oxygen atoms in total. The van der Waals surface area contributed by atoms with E-state index in [9.17, 15) is 4.79 Å². The van der Waals surface area contributed by atoms with E-state index < -0.39 is 5.97 Å². The second kappa shape index (κ2) is 6.04. The zero-order chi connectivity index (χ0) is 8.69. The quantitative estimate of drug-likeness (QED) is 0.396. The predicted octanol–water partition coefficient (Wildman–Crippen LogP) is 1.02. The van der Waals surface area contributed by atoms with Gasteiger partial charge in [0.15, 0.2) is 0 Å². The van der Waals surface area contributed by atoms with E-state index in [-0.39, 0.29) is 0 Å². The van der Waals surface area contributed by atoms with E-state index in [0.29, 0.717) is 24.6 Å². The molecule has 0 aromatic carbocycles. The van der Waals surface area contributed by atoms with E-state index in [1.54, 1.807) is 6.92 Å². The molecule has 0 atom stereocenters. The molecule has 0 aromatic rings. The molecule has 0 radical (unpaired) electrons.